The second-order valence-corrected chi connectivity index (χ2v) is 11.8. The van der Waals surface area contributed by atoms with E-state index in [1.165, 1.54) is 0 Å². The standard InChI is InChI=1S/C30H32ClN3O4S/c1-3-36-29(35)19-10-15-25-26(16-19)39-30(32-25)34(2)20-11-13-21(14-12-20)37-17-23-27(22-6-4-5-7-24(22)31)33-38-28(23)18-8-9-18/h4-7,10,15-16,18,20-21H,3,8-9,11-14,17H2,1-2H3. The van der Waals surface area contributed by atoms with Crippen molar-refractivity contribution in [2.75, 3.05) is 18.6 Å². The van der Waals surface area contributed by atoms with E-state index in [0.29, 0.717) is 35.8 Å². The maximum atomic E-state index is 12.1. The summed E-state index contributed by atoms with van der Waals surface area (Å²) in [5, 5.41) is 6.05. The second-order valence-electron chi connectivity index (χ2n) is 10.4. The van der Waals surface area contributed by atoms with E-state index in [-0.39, 0.29) is 12.1 Å². The third kappa shape index (κ3) is 5.55. The van der Waals surface area contributed by atoms with Crippen LogP contribution in [0.3, 0.4) is 0 Å². The lowest BCUT2D eigenvalue weighted by atomic mass is 9.92. The molecular formula is C30H32ClN3O4S. The van der Waals surface area contributed by atoms with Crippen molar-refractivity contribution in [2.45, 2.75) is 70.1 Å². The highest BCUT2D eigenvalue weighted by Crippen LogP contribution is 2.45. The van der Waals surface area contributed by atoms with Crippen molar-refractivity contribution in [3.63, 3.8) is 0 Å². The van der Waals surface area contributed by atoms with Crippen LogP contribution in [0.1, 0.15) is 73.0 Å². The van der Waals surface area contributed by atoms with Gasteiger partial charge in [0.2, 0.25) is 0 Å². The first-order chi connectivity index (χ1) is 19.0. The first-order valence-corrected chi connectivity index (χ1v) is 14.9. The SMILES string of the molecule is CCOC(=O)c1ccc2nc(N(C)C3CCC(OCc4c(-c5ccccc5Cl)noc4C4CC4)CC3)sc2c1. The molecule has 2 aliphatic carbocycles. The Kier molecular flexibility index (Phi) is 7.60. The van der Waals surface area contributed by atoms with Crippen LogP contribution in [-0.2, 0) is 16.1 Å². The molecule has 2 aromatic carbocycles. The molecule has 0 radical (unpaired) electrons. The molecule has 204 valence electrons. The minimum Gasteiger partial charge on any atom is -0.462 e. The Balaban J connectivity index is 1.09. The zero-order valence-corrected chi connectivity index (χ0v) is 23.8. The predicted molar refractivity (Wildman–Crippen MR) is 154 cm³/mol. The van der Waals surface area contributed by atoms with Gasteiger partial charge >= 0.3 is 5.97 Å². The van der Waals surface area contributed by atoms with Gasteiger partial charge in [-0.3, -0.25) is 0 Å². The number of rotatable bonds is 9. The molecule has 0 aliphatic heterocycles. The van der Waals surface area contributed by atoms with E-state index in [2.05, 4.69) is 17.1 Å². The molecule has 2 fully saturated rings. The molecule has 0 atom stereocenters. The number of anilines is 1. The van der Waals surface area contributed by atoms with Crippen molar-refractivity contribution in [3.05, 3.63) is 64.4 Å². The fourth-order valence-corrected chi connectivity index (χ4v) is 6.62. The van der Waals surface area contributed by atoms with Crippen molar-refractivity contribution < 1.29 is 18.8 Å². The van der Waals surface area contributed by atoms with Gasteiger partial charge in [-0.05, 0) is 69.7 Å². The number of hydrogen-bond donors (Lipinski definition) is 0. The molecule has 2 aliphatic rings. The number of fused-ring (bicyclic) bond motifs is 1. The summed E-state index contributed by atoms with van der Waals surface area (Å²) in [4.78, 5) is 19.2. The number of esters is 1. The molecule has 39 heavy (non-hydrogen) atoms. The number of carbonyl (C=O) groups excluding carboxylic acids is 1. The smallest absolute Gasteiger partial charge is 0.338 e. The van der Waals surface area contributed by atoms with Gasteiger partial charge < -0.3 is 18.9 Å². The van der Waals surface area contributed by atoms with Gasteiger partial charge in [-0.1, -0.05) is 46.3 Å². The Labute approximate surface area is 237 Å². The van der Waals surface area contributed by atoms with Gasteiger partial charge in [0.15, 0.2) is 5.13 Å². The molecule has 6 rings (SSSR count). The average Bonchev–Trinajstić information content (AvgIpc) is 3.57. The number of ether oxygens (including phenoxy) is 2. The molecular weight excluding hydrogens is 534 g/mol. The minimum absolute atomic E-state index is 0.193. The summed E-state index contributed by atoms with van der Waals surface area (Å²) in [6.07, 6.45) is 6.49. The van der Waals surface area contributed by atoms with Gasteiger partial charge in [-0.25, -0.2) is 9.78 Å². The van der Waals surface area contributed by atoms with E-state index in [1.807, 2.05) is 43.3 Å². The fraction of sp³-hybridized carbons (Fsp3) is 0.433. The van der Waals surface area contributed by atoms with Crippen LogP contribution >= 0.6 is 22.9 Å². The molecule has 9 heteroatoms. The van der Waals surface area contributed by atoms with Gasteiger partial charge in [0.25, 0.3) is 0 Å². The second kappa shape index (κ2) is 11.3. The van der Waals surface area contributed by atoms with Gasteiger partial charge in [-0.15, -0.1) is 0 Å². The topological polar surface area (TPSA) is 77.7 Å². The van der Waals surface area contributed by atoms with Crippen molar-refractivity contribution in [1.82, 2.24) is 10.1 Å². The summed E-state index contributed by atoms with van der Waals surface area (Å²) in [6, 6.07) is 13.7. The van der Waals surface area contributed by atoms with E-state index in [9.17, 15) is 4.79 Å². The first kappa shape index (κ1) is 26.3. The summed E-state index contributed by atoms with van der Waals surface area (Å²) >= 11 is 8.10. The van der Waals surface area contributed by atoms with Crippen LogP contribution < -0.4 is 4.90 Å². The number of carbonyl (C=O) groups is 1. The number of thiazole rings is 1. The molecule has 0 saturated heterocycles. The highest BCUT2D eigenvalue weighted by molar-refractivity contribution is 7.22. The lowest BCUT2D eigenvalue weighted by Gasteiger charge is -2.34. The molecule has 0 N–H and O–H groups in total. The lowest BCUT2D eigenvalue weighted by molar-refractivity contribution is 0.0131. The summed E-state index contributed by atoms with van der Waals surface area (Å²) < 4.78 is 18.4. The van der Waals surface area contributed by atoms with Crippen molar-refractivity contribution >= 4 is 44.3 Å². The minimum atomic E-state index is -0.296. The first-order valence-electron chi connectivity index (χ1n) is 13.7. The largest absolute Gasteiger partial charge is 0.462 e. The monoisotopic (exact) mass is 565 g/mol. The van der Waals surface area contributed by atoms with Gasteiger partial charge in [0, 0.05) is 30.1 Å². The maximum absolute atomic E-state index is 12.1. The highest BCUT2D eigenvalue weighted by atomic mass is 35.5. The Hall–Kier alpha value is -2.94. The average molecular weight is 566 g/mol. The Morgan fingerprint density at radius 1 is 1.13 bits per heavy atom. The number of hydrogen-bond acceptors (Lipinski definition) is 8. The van der Waals surface area contributed by atoms with Crippen LogP contribution in [0.15, 0.2) is 47.0 Å². The number of halogens is 1. The summed E-state index contributed by atoms with van der Waals surface area (Å²) in [5.74, 6) is 1.11. The zero-order valence-electron chi connectivity index (χ0n) is 22.2. The number of nitrogens with zero attached hydrogens (tertiary/aromatic N) is 3. The summed E-state index contributed by atoms with van der Waals surface area (Å²) in [6.45, 7) is 2.67. The van der Waals surface area contributed by atoms with Crippen LogP contribution in [0.5, 0.6) is 0 Å². The van der Waals surface area contributed by atoms with Crippen molar-refractivity contribution in [2.24, 2.45) is 0 Å². The molecule has 2 heterocycles. The highest BCUT2D eigenvalue weighted by Gasteiger charge is 2.34. The van der Waals surface area contributed by atoms with Gasteiger partial charge in [0.1, 0.15) is 11.5 Å². The molecule has 7 nitrogen and oxygen atoms in total. The maximum Gasteiger partial charge on any atom is 0.338 e. The van der Waals surface area contributed by atoms with E-state index in [0.717, 1.165) is 76.5 Å². The van der Waals surface area contributed by atoms with Crippen LogP contribution in [-0.4, -0.2) is 41.9 Å². The van der Waals surface area contributed by atoms with E-state index in [4.69, 9.17) is 30.6 Å². The Morgan fingerprint density at radius 2 is 1.92 bits per heavy atom. The zero-order chi connectivity index (χ0) is 26.9. The third-order valence-electron chi connectivity index (χ3n) is 7.74. The summed E-state index contributed by atoms with van der Waals surface area (Å²) in [7, 11) is 2.12. The van der Waals surface area contributed by atoms with E-state index < -0.39 is 0 Å². The van der Waals surface area contributed by atoms with Crippen molar-refractivity contribution in [3.8, 4) is 11.3 Å². The Morgan fingerprint density at radius 3 is 2.67 bits per heavy atom. The van der Waals surface area contributed by atoms with Gasteiger partial charge in [0.05, 0.1) is 40.1 Å². The van der Waals surface area contributed by atoms with Crippen LogP contribution in [0.25, 0.3) is 21.5 Å². The molecule has 2 saturated carbocycles. The number of benzene rings is 2. The van der Waals surface area contributed by atoms with E-state index >= 15 is 0 Å². The molecule has 4 aromatic rings. The number of aromatic nitrogens is 2. The normalized spacial score (nSPS) is 19.4. The van der Waals surface area contributed by atoms with Gasteiger partial charge in [-0.2, -0.15) is 0 Å². The molecule has 0 unspecified atom stereocenters. The third-order valence-corrected chi connectivity index (χ3v) is 9.18. The molecule has 0 amide bonds. The van der Waals surface area contributed by atoms with Crippen LogP contribution in [0.2, 0.25) is 5.02 Å². The molecule has 0 spiro atoms. The fourth-order valence-electron chi connectivity index (χ4n) is 5.35. The van der Waals surface area contributed by atoms with Crippen LogP contribution in [0.4, 0.5) is 5.13 Å². The van der Waals surface area contributed by atoms with Crippen LogP contribution in [0, 0.1) is 0 Å². The van der Waals surface area contributed by atoms with Crippen molar-refractivity contribution in [1.29, 1.82) is 0 Å². The summed E-state index contributed by atoms with van der Waals surface area (Å²) in [5.41, 5.74) is 4.21. The predicted octanol–water partition coefficient (Wildman–Crippen LogP) is 7.62. The quantitative estimate of drug-likeness (QED) is 0.193. The van der Waals surface area contributed by atoms with E-state index in [1.54, 1.807) is 17.4 Å². The lowest BCUT2D eigenvalue weighted by Crippen LogP contribution is -2.37. The molecule has 2 aromatic heterocycles. The Bertz CT molecular complexity index is 1470. The molecule has 0 bridgehead atoms.